The Morgan fingerprint density at radius 2 is 1.73 bits per heavy atom. The van der Waals surface area contributed by atoms with Crippen molar-refractivity contribution in [3.05, 3.63) is 54.1 Å². The number of carbonyl (C=O) groups is 2. The van der Waals surface area contributed by atoms with Crippen LogP contribution in [-0.4, -0.2) is 33.1 Å². The van der Waals surface area contributed by atoms with Gasteiger partial charge in [0.1, 0.15) is 5.75 Å². The number of nitrogens with one attached hydrogen (secondary N) is 2. The second-order valence-electron chi connectivity index (χ2n) is 5.95. The number of sulfone groups is 1. The predicted octanol–water partition coefficient (Wildman–Crippen LogP) is 1.67. The van der Waals surface area contributed by atoms with Gasteiger partial charge in [0, 0.05) is 23.9 Å². The summed E-state index contributed by atoms with van der Waals surface area (Å²) in [6, 6.07) is 12.7. The van der Waals surface area contributed by atoms with E-state index in [1.807, 2.05) is 24.3 Å². The number of fused-ring (bicyclic) bond motifs is 1. The van der Waals surface area contributed by atoms with Gasteiger partial charge in [-0.1, -0.05) is 18.2 Å². The molecule has 2 N–H and O–H groups in total. The summed E-state index contributed by atoms with van der Waals surface area (Å²) in [4.78, 5) is 24.4. The normalized spacial score (nSPS) is 16.1. The zero-order valence-corrected chi connectivity index (χ0v) is 14.9. The third-order valence-electron chi connectivity index (χ3n) is 4.01. The molecule has 26 heavy (non-hydrogen) atoms. The van der Waals surface area contributed by atoms with Crippen LogP contribution >= 0.6 is 0 Å². The maximum atomic E-state index is 12.2. The van der Waals surface area contributed by atoms with Gasteiger partial charge in [-0.3, -0.25) is 9.59 Å². The highest BCUT2D eigenvalue weighted by molar-refractivity contribution is 7.90. The van der Waals surface area contributed by atoms with Crippen LogP contribution in [0.15, 0.2) is 53.4 Å². The third kappa shape index (κ3) is 4.02. The van der Waals surface area contributed by atoms with Crippen molar-refractivity contribution in [1.82, 2.24) is 5.32 Å². The van der Waals surface area contributed by atoms with Crippen LogP contribution in [0.5, 0.6) is 5.75 Å². The van der Waals surface area contributed by atoms with Gasteiger partial charge in [0.05, 0.1) is 17.5 Å². The van der Waals surface area contributed by atoms with Gasteiger partial charge in [-0.25, -0.2) is 8.42 Å². The molecule has 0 saturated carbocycles. The summed E-state index contributed by atoms with van der Waals surface area (Å²) in [5.74, 6) is -0.888. The standard InChI is InChI=1S/C18H18N2O5S/c1-26(23,24)13-8-6-12(7-9-13)19-17(21)18(22)20-15-10-11-25-16-5-3-2-4-14(15)16/h2-9,15H,10-11H2,1H3,(H,19,21)(H,20,22)/t15-/m1/s1. The van der Waals surface area contributed by atoms with Crippen LogP contribution in [0.2, 0.25) is 0 Å². The molecular formula is C18H18N2O5S. The number of carbonyl (C=O) groups excluding carboxylic acids is 2. The van der Waals surface area contributed by atoms with Crippen molar-refractivity contribution in [2.24, 2.45) is 0 Å². The van der Waals surface area contributed by atoms with Gasteiger partial charge in [-0.2, -0.15) is 0 Å². The number of para-hydroxylation sites is 1. The molecule has 0 unspecified atom stereocenters. The first-order valence-electron chi connectivity index (χ1n) is 7.98. The van der Waals surface area contributed by atoms with Gasteiger partial charge in [-0.15, -0.1) is 0 Å². The molecule has 1 atom stereocenters. The highest BCUT2D eigenvalue weighted by atomic mass is 32.2. The molecule has 0 fully saturated rings. The monoisotopic (exact) mass is 374 g/mol. The van der Waals surface area contributed by atoms with Crippen LogP contribution in [0.1, 0.15) is 18.0 Å². The molecule has 1 aliphatic heterocycles. The molecule has 0 spiro atoms. The molecule has 0 saturated heterocycles. The zero-order chi connectivity index (χ0) is 18.7. The summed E-state index contributed by atoms with van der Waals surface area (Å²) in [6.45, 7) is 0.455. The lowest BCUT2D eigenvalue weighted by Gasteiger charge is -2.26. The first kappa shape index (κ1) is 17.9. The Hall–Kier alpha value is -2.87. The number of benzene rings is 2. The SMILES string of the molecule is CS(=O)(=O)c1ccc(NC(=O)C(=O)N[C@@H]2CCOc3ccccc32)cc1. The minimum Gasteiger partial charge on any atom is -0.493 e. The first-order valence-corrected chi connectivity index (χ1v) is 9.87. The fourth-order valence-electron chi connectivity index (χ4n) is 2.69. The molecule has 7 nitrogen and oxygen atoms in total. The Bertz CT molecular complexity index is 938. The first-order chi connectivity index (χ1) is 12.3. The Morgan fingerprint density at radius 1 is 1.04 bits per heavy atom. The highest BCUT2D eigenvalue weighted by Crippen LogP contribution is 2.31. The van der Waals surface area contributed by atoms with Gasteiger partial charge < -0.3 is 15.4 Å². The summed E-state index contributed by atoms with van der Waals surface area (Å²) in [7, 11) is -3.32. The second-order valence-corrected chi connectivity index (χ2v) is 7.97. The van der Waals surface area contributed by atoms with E-state index >= 15 is 0 Å². The molecule has 3 rings (SSSR count). The molecule has 2 amide bonds. The van der Waals surface area contributed by atoms with Gasteiger partial charge in [-0.05, 0) is 30.3 Å². The van der Waals surface area contributed by atoms with Crippen molar-refractivity contribution in [2.75, 3.05) is 18.2 Å². The molecule has 0 aliphatic carbocycles. The topological polar surface area (TPSA) is 102 Å². The van der Waals surface area contributed by atoms with Crippen LogP contribution in [0.4, 0.5) is 5.69 Å². The number of amides is 2. The van der Waals surface area contributed by atoms with Crippen molar-refractivity contribution in [2.45, 2.75) is 17.4 Å². The maximum absolute atomic E-state index is 12.2. The molecule has 8 heteroatoms. The second kappa shape index (κ2) is 7.17. The number of ether oxygens (including phenoxy) is 1. The van der Waals surface area contributed by atoms with Crippen molar-refractivity contribution >= 4 is 27.3 Å². The van der Waals surface area contributed by atoms with E-state index in [2.05, 4.69) is 10.6 Å². The number of hydrogen-bond acceptors (Lipinski definition) is 5. The van der Waals surface area contributed by atoms with Crippen LogP contribution in [0, 0.1) is 0 Å². The number of anilines is 1. The molecule has 1 aliphatic rings. The Morgan fingerprint density at radius 3 is 2.42 bits per heavy atom. The van der Waals surface area contributed by atoms with Crippen molar-refractivity contribution in [3.63, 3.8) is 0 Å². The summed E-state index contributed by atoms with van der Waals surface area (Å²) in [5, 5.41) is 5.16. The van der Waals surface area contributed by atoms with Gasteiger partial charge in [0.15, 0.2) is 9.84 Å². The minimum atomic E-state index is -3.32. The minimum absolute atomic E-state index is 0.138. The summed E-state index contributed by atoms with van der Waals surface area (Å²) in [6.07, 6.45) is 1.67. The Balaban J connectivity index is 1.65. The Kier molecular flexibility index (Phi) is 4.94. The largest absolute Gasteiger partial charge is 0.493 e. The highest BCUT2D eigenvalue weighted by Gasteiger charge is 2.25. The molecule has 1 heterocycles. The van der Waals surface area contributed by atoms with Crippen LogP contribution < -0.4 is 15.4 Å². The summed E-state index contributed by atoms with van der Waals surface area (Å²) >= 11 is 0. The summed E-state index contributed by atoms with van der Waals surface area (Å²) in [5.41, 5.74) is 1.17. The average molecular weight is 374 g/mol. The van der Waals surface area contributed by atoms with E-state index in [1.165, 1.54) is 24.3 Å². The molecular weight excluding hydrogens is 356 g/mol. The maximum Gasteiger partial charge on any atom is 0.313 e. The van der Waals surface area contributed by atoms with E-state index in [4.69, 9.17) is 4.74 Å². The van der Waals surface area contributed by atoms with Gasteiger partial charge >= 0.3 is 11.8 Å². The van der Waals surface area contributed by atoms with Crippen molar-refractivity contribution in [3.8, 4) is 5.75 Å². The third-order valence-corrected chi connectivity index (χ3v) is 5.14. The zero-order valence-electron chi connectivity index (χ0n) is 14.1. The molecule has 0 aromatic heterocycles. The van der Waals surface area contributed by atoms with Crippen molar-refractivity contribution < 1.29 is 22.7 Å². The lowest BCUT2D eigenvalue weighted by atomic mass is 10.0. The van der Waals surface area contributed by atoms with Crippen LogP contribution in [-0.2, 0) is 19.4 Å². The van der Waals surface area contributed by atoms with Gasteiger partial charge in [0.2, 0.25) is 0 Å². The predicted molar refractivity (Wildman–Crippen MR) is 95.6 cm³/mol. The fraction of sp³-hybridized carbons (Fsp3) is 0.222. The van der Waals surface area contributed by atoms with Crippen LogP contribution in [0.3, 0.4) is 0 Å². The number of hydrogen-bond donors (Lipinski definition) is 2. The van der Waals surface area contributed by atoms with Gasteiger partial charge in [0.25, 0.3) is 0 Å². The quantitative estimate of drug-likeness (QED) is 0.796. The Labute approximate surface area is 151 Å². The van der Waals surface area contributed by atoms with Crippen molar-refractivity contribution in [1.29, 1.82) is 0 Å². The lowest BCUT2D eigenvalue weighted by Crippen LogP contribution is -2.39. The molecule has 0 radical (unpaired) electrons. The van der Waals surface area contributed by atoms with E-state index in [0.717, 1.165) is 11.8 Å². The fourth-order valence-corrected chi connectivity index (χ4v) is 3.32. The number of rotatable bonds is 3. The van der Waals surface area contributed by atoms with E-state index < -0.39 is 21.7 Å². The van der Waals surface area contributed by atoms with E-state index in [-0.39, 0.29) is 10.9 Å². The van der Waals surface area contributed by atoms with E-state index in [1.54, 1.807) is 0 Å². The molecule has 2 aromatic rings. The van der Waals surface area contributed by atoms with E-state index in [9.17, 15) is 18.0 Å². The average Bonchev–Trinajstić information content (AvgIpc) is 2.61. The molecule has 136 valence electrons. The van der Waals surface area contributed by atoms with Crippen LogP contribution in [0.25, 0.3) is 0 Å². The smallest absolute Gasteiger partial charge is 0.313 e. The lowest BCUT2D eigenvalue weighted by molar-refractivity contribution is -0.136. The molecule has 2 aromatic carbocycles. The molecule has 0 bridgehead atoms. The van der Waals surface area contributed by atoms with E-state index in [0.29, 0.717) is 24.5 Å². The summed E-state index contributed by atoms with van der Waals surface area (Å²) < 4.78 is 28.4.